The maximum atomic E-state index is 11.2. The smallest absolute Gasteiger partial charge is 0.186 e. The largest absolute Gasteiger partial charge is 0.394 e. The summed E-state index contributed by atoms with van der Waals surface area (Å²) >= 11 is 0. The van der Waals surface area contributed by atoms with E-state index >= 15 is 0 Å². The minimum atomic E-state index is -1.38. The van der Waals surface area contributed by atoms with Crippen molar-refractivity contribution >= 4 is 0 Å². The lowest BCUT2D eigenvalue weighted by Crippen LogP contribution is -2.66. The van der Waals surface area contributed by atoms with Crippen molar-refractivity contribution in [2.75, 3.05) is 13.2 Å². The van der Waals surface area contributed by atoms with Crippen LogP contribution in [0.4, 0.5) is 0 Å². The Labute approximate surface area is 188 Å². The molecule has 12 nitrogen and oxygen atoms in total. The van der Waals surface area contributed by atoms with E-state index in [4.69, 9.17) is 38.1 Å². The predicted molar refractivity (Wildman–Crippen MR) is 115 cm³/mol. The summed E-state index contributed by atoms with van der Waals surface area (Å²) in [4.78, 5) is 0. The van der Waals surface area contributed by atoms with Crippen LogP contribution in [0.5, 0.6) is 0 Å². The van der Waals surface area contributed by atoms with Crippen molar-refractivity contribution in [2.45, 2.75) is 92.8 Å². The molecule has 2 aliphatic carbocycles. The highest BCUT2D eigenvalue weighted by Crippen LogP contribution is 2.38. The fourth-order valence-electron chi connectivity index (χ4n) is 5.51. The van der Waals surface area contributed by atoms with Gasteiger partial charge < -0.3 is 63.7 Å². The molecule has 14 unspecified atom stereocenters. The molecular formula is C20H41N5O7. The highest BCUT2D eigenvalue weighted by Gasteiger charge is 2.49. The Hall–Kier alpha value is -0.480. The third kappa shape index (κ3) is 5.27. The topological polar surface area (TPSA) is 250 Å². The molecule has 3 aliphatic rings. The Balaban J connectivity index is 1.70. The van der Waals surface area contributed by atoms with E-state index in [1.165, 1.54) is 0 Å². The molecule has 0 spiro atoms. The van der Waals surface area contributed by atoms with E-state index in [0.717, 1.165) is 0 Å². The van der Waals surface area contributed by atoms with Gasteiger partial charge in [-0.05, 0) is 44.1 Å². The first-order chi connectivity index (χ1) is 15.1. The van der Waals surface area contributed by atoms with Crippen LogP contribution in [-0.4, -0.2) is 106 Å². The first kappa shape index (κ1) is 26.1. The monoisotopic (exact) mass is 463 g/mol. The zero-order chi connectivity index (χ0) is 23.7. The molecule has 15 N–H and O–H groups in total. The third-order valence-electron chi connectivity index (χ3n) is 7.67. The summed E-state index contributed by atoms with van der Waals surface area (Å²) < 4.78 is 11.4. The van der Waals surface area contributed by atoms with E-state index in [1.807, 2.05) is 0 Å². The van der Waals surface area contributed by atoms with E-state index in [2.05, 4.69) is 0 Å². The van der Waals surface area contributed by atoms with Crippen molar-refractivity contribution < 1.29 is 35.0 Å². The standard InChI is InChI=1S/C20H41N5O7/c21-5-8-1-7(10(22)4-13(8)27)2-9-11(23)3-12(24)19(16(9)28)32-20-18(30)15(25)17(29)14(6-26)31-20/h7-20,26-30H,1-6,21-25H2. The number of rotatable bonds is 6. The maximum absolute atomic E-state index is 11.2. The van der Waals surface area contributed by atoms with E-state index in [1.54, 1.807) is 0 Å². The molecule has 1 aliphatic heterocycles. The lowest BCUT2D eigenvalue weighted by Gasteiger charge is -2.48. The van der Waals surface area contributed by atoms with Gasteiger partial charge in [0.15, 0.2) is 6.29 Å². The van der Waals surface area contributed by atoms with Crippen LogP contribution in [0, 0.1) is 17.8 Å². The molecule has 32 heavy (non-hydrogen) atoms. The Morgan fingerprint density at radius 2 is 1.50 bits per heavy atom. The summed E-state index contributed by atoms with van der Waals surface area (Å²) in [6.07, 6.45) is -5.48. The second kappa shape index (κ2) is 10.8. The second-order valence-corrected chi connectivity index (χ2v) is 9.80. The van der Waals surface area contributed by atoms with Crippen LogP contribution in [0.25, 0.3) is 0 Å². The Bertz CT molecular complexity index is 605. The van der Waals surface area contributed by atoms with Gasteiger partial charge in [-0.1, -0.05) is 0 Å². The highest BCUT2D eigenvalue weighted by molar-refractivity contribution is 5.01. The summed E-state index contributed by atoms with van der Waals surface area (Å²) in [6, 6.07) is -2.35. The van der Waals surface area contributed by atoms with Crippen LogP contribution in [-0.2, 0) is 9.47 Å². The predicted octanol–water partition coefficient (Wildman–Crippen LogP) is -4.76. The van der Waals surface area contributed by atoms with Crippen molar-refractivity contribution in [3.8, 4) is 0 Å². The summed E-state index contributed by atoms with van der Waals surface area (Å²) in [5.41, 5.74) is 30.5. The van der Waals surface area contributed by atoms with Crippen molar-refractivity contribution in [3.63, 3.8) is 0 Å². The highest BCUT2D eigenvalue weighted by atomic mass is 16.7. The second-order valence-electron chi connectivity index (χ2n) is 9.80. The molecule has 1 saturated heterocycles. The maximum Gasteiger partial charge on any atom is 0.186 e. The van der Waals surface area contributed by atoms with Crippen LogP contribution in [0.2, 0.25) is 0 Å². The van der Waals surface area contributed by atoms with Gasteiger partial charge in [0.05, 0.1) is 24.9 Å². The van der Waals surface area contributed by atoms with Gasteiger partial charge in [-0.15, -0.1) is 0 Å². The number of ether oxygens (including phenoxy) is 2. The van der Waals surface area contributed by atoms with E-state index in [-0.39, 0.29) is 29.8 Å². The molecule has 2 saturated carbocycles. The molecule has 0 aromatic carbocycles. The fraction of sp³-hybridized carbons (Fsp3) is 1.00. The molecule has 0 bridgehead atoms. The molecule has 188 valence electrons. The first-order valence-electron chi connectivity index (χ1n) is 11.4. The zero-order valence-corrected chi connectivity index (χ0v) is 18.3. The molecule has 14 atom stereocenters. The minimum Gasteiger partial charge on any atom is -0.394 e. The van der Waals surface area contributed by atoms with E-state index < -0.39 is 61.6 Å². The zero-order valence-electron chi connectivity index (χ0n) is 18.3. The van der Waals surface area contributed by atoms with Gasteiger partial charge in [0, 0.05) is 24.0 Å². The Morgan fingerprint density at radius 3 is 2.12 bits per heavy atom. The van der Waals surface area contributed by atoms with Gasteiger partial charge in [0.1, 0.15) is 24.4 Å². The van der Waals surface area contributed by atoms with Gasteiger partial charge in [-0.25, -0.2) is 0 Å². The first-order valence-corrected chi connectivity index (χ1v) is 11.4. The normalized spacial score (nSPS) is 52.7. The molecule has 0 amide bonds. The minimum absolute atomic E-state index is 0.0199. The summed E-state index contributed by atoms with van der Waals surface area (Å²) in [5, 5.41) is 51.2. The van der Waals surface area contributed by atoms with Crippen molar-refractivity contribution in [2.24, 2.45) is 46.4 Å². The lowest BCUT2D eigenvalue weighted by atomic mass is 9.68. The Kier molecular flexibility index (Phi) is 8.86. The van der Waals surface area contributed by atoms with Crippen LogP contribution >= 0.6 is 0 Å². The Morgan fingerprint density at radius 1 is 0.812 bits per heavy atom. The van der Waals surface area contributed by atoms with Crippen molar-refractivity contribution in [3.05, 3.63) is 0 Å². The van der Waals surface area contributed by atoms with Crippen molar-refractivity contribution in [1.82, 2.24) is 0 Å². The van der Waals surface area contributed by atoms with Gasteiger partial charge in [-0.3, -0.25) is 0 Å². The molecule has 3 rings (SSSR count). The van der Waals surface area contributed by atoms with Crippen LogP contribution in [0.15, 0.2) is 0 Å². The number of hydrogen-bond donors (Lipinski definition) is 10. The lowest BCUT2D eigenvalue weighted by molar-refractivity contribution is -0.303. The van der Waals surface area contributed by atoms with Gasteiger partial charge in [0.2, 0.25) is 0 Å². The molecule has 0 aromatic heterocycles. The van der Waals surface area contributed by atoms with E-state index in [9.17, 15) is 25.5 Å². The molecule has 1 heterocycles. The fourth-order valence-corrected chi connectivity index (χ4v) is 5.51. The molecular weight excluding hydrogens is 422 g/mol. The van der Waals surface area contributed by atoms with Crippen LogP contribution in [0.1, 0.15) is 25.7 Å². The van der Waals surface area contributed by atoms with Gasteiger partial charge in [-0.2, -0.15) is 0 Å². The number of aliphatic hydroxyl groups is 5. The number of hydrogen-bond acceptors (Lipinski definition) is 12. The van der Waals surface area contributed by atoms with Crippen LogP contribution in [0.3, 0.4) is 0 Å². The summed E-state index contributed by atoms with van der Waals surface area (Å²) in [6.45, 7) is -0.155. The average molecular weight is 464 g/mol. The molecule has 0 radical (unpaired) electrons. The number of aliphatic hydroxyl groups excluding tert-OH is 5. The molecule has 3 fully saturated rings. The van der Waals surface area contributed by atoms with Crippen LogP contribution < -0.4 is 28.7 Å². The van der Waals surface area contributed by atoms with Gasteiger partial charge >= 0.3 is 0 Å². The molecule has 0 aromatic rings. The number of nitrogens with two attached hydrogens (primary N) is 5. The van der Waals surface area contributed by atoms with E-state index in [0.29, 0.717) is 32.2 Å². The van der Waals surface area contributed by atoms with Gasteiger partial charge in [0.25, 0.3) is 0 Å². The summed E-state index contributed by atoms with van der Waals surface area (Å²) in [7, 11) is 0. The summed E-state index contributed by atoms with van der Waals surface area (Å²) in [5.74, 6) is -0.412. The average Bonchev–Trinajstić information content (AvgIpc) is 2.75. The van der Waals surface area contributed by atoms with Crippen molar-refractivity contribution in [1.29, 1.82) is 0 Å². The quantitative estimate of drug-likeness (QED) is 0.178. The molecule has 12 heteroatoms. The SMILES string of the molecule is NCC1CC(CC2C(N)CC(N)C(OC3OC(CO)C(O)C(N)C3O)C2O)C(N)CC1O. The third-order valence-corrected chi connectivity index (χ3v) is 7.67.